The first-order chi connectivity index (χ1) is 10.3. The second-order valence-electron chi connectivity index (χ2n) is 4.59. The largest absolute Gasteiger partial charge is 0.349 e. The van der Waals surface area contributed by atoms with Gasteiger partial charge in [0.1, 0.15) is 11.0 Å². The van der Waals surface area contributed by atoms with Gasteiger partial charge in [-0.15, -0.1) is 13.2 Å². The van der Waals surface area contributed by atoms with Gasteiger partial charge in [0.15, 0.2) is 5.16 Å². The van der Waals surface area contributed by atoms with E-state index in [2.05, 4.69) is 23.1 Å². The first-order valence-electron chi connectivity index (χ1n) is 6.62. The third-order valence-electron chi connectivity index (χ3n) is 3.22. The van der Waals surface area contributed by atoms with Crippen molar-refractivity contribution in [2.45, 2.75) is 11.7 Å². The van der Waals surface area contributed by atoms with Crippen LogP contribution in [0.1, 0.15) is 0 Å². The monoisotopic (exact) mass is 297 g/mol. The molecule has 4 nitrogen and oxygen atoms in total. The second-order valence-corrected chi connectivity index (χ2v) is 5.58. The Morgan fingerprint density at radius 2 is 2.10 bits per heavy atom. The lowest BCUT2D eigenvalue weighted by atomic mass is 10.2. The highest BCUT2D eigenvalue weighted by Gasteiger charge is 2.14. The number of allylic oxidation sites excluding steroid dienone is 1. The predicted molar refractivity (Wildman–Crippen MR) is 89.0 cm³/mol. The topological polar surface area (TPSA) is 50.7 Å². The number of rotatable bonds is 5. The number of hydrogen-bond donors (Lipinski definition) is 1. The number of para-hydroxylation sites is 1. The molecule has 1 aromatic carbocycles. The van der Waals surface area contributed by atoms with Crippen LogP contribution in [0.25, 0.3) is 21.9 Å². The number of aromatic nitrogens is 3. The van der Waals surface area contributed by atoms with Gasteiger partial charge in [-0.1, -0.05) is 42.1 Å². The Balaban J connectivity index is 2.35. The van der Waals surface area contributed by atoms with Gasteiger partial charge in [0, 0.05) is 23.2 Å². The van der Waals surface area contributed by atoms with Gasteiger partial charge in [-0.05, 0) is 6.07 Å². The molecular weight excluding hydrogens is 282 g/mol. The molecule has 0 spiro atoms. The van der Waals surface area contributed by atoms with Crippen LogP contribution in [-0.2, 0) is 6.54 Å². The standard InChI is InChI=1S/C16H15N3OS/c1-3-9-19-15(20)14-13(18-16(19)21-10-4-2)11-7-5-6-8-12(11)17-14/h3-8,17H,1-2,9-10H2. The fourth-order valence-electron chi connectivity index (χ4n) is 2.31. The summed E-state index contributed by atoms with van der Waals surface area (Å²) < 4.78 is 1.64. The molecule has 2 heterocycles. The Hall–Kier alpha value is -2.27. The summed E-state index contributed by atoms with van der Waals surface area (Å²) in [5.41, 5.74) is 2.12. The molecule has 3 rings (SSSR count). The van der Waals surface area contributed by atoms with E-state index < -0.39 is 0 Å². The van der Waals surface area contributed by atoms with Crippen molar-refractivity contribution in [1.29, 1.82) is 0 Å². The van der Waals surface area contributed by atoms with Crippen LogP contribution in [0.2, 0.25) is 0 Å². The Kier molecular flexibility index (Phi) is 3.66. The van der Waals surface area contributed by atoms with Gasteiger partial charge in [-0.2, -0.15) is 0 Å². The maximum Gasteiger partial charge on any atom is 0.278 e. The van der Waals surface area contributed by atoms with Crippen molar-refractivity contribution in [3.8, 4) is 0 Å². The van der Waals surface area contributed by atoms with Crippen molar-refractivity contribution in [2.24, 2.45) is 0 Å². The summed E-state index contributed by atoms with van der Waals surface area (Å²) >= 11 is 1.50. The summed E-state index contributed by atoms with van der Waals surface area (Å²) in [7, 11) is 0. The van der Waals surface area contributed by atoms with Crippen molar-refractivity contribution in [1.82, 2.24) is 14.5 Å². The molecular formula is C16H15N3OS. The maximum atomic E-state index is 12.7. The van der Waals surface area contributed by atoms with E-state index in [-0.39, 0.29) is 5.56 Å². The van der Waals surface area contributed by atoms with Gasteiger partial charge in [-0.25, -0.2) is 4.98 Å². The summed E-state index contributed by atoms with van der Waals surface area (Å²) in [5, 5.41) is 1.66. The van der Waals surface area contributed by atoms with E-state index in [4.69, 9.17) is 0 Å². The first kappa shape index (κ1) is 13.7. The van der Waals surface area contributed by atoms with Crippen molar-refractivity contribution in [3.05, 3.63) is 59.9 Å². The minimum atomic E-state index is -0.0670. The zero-order chi connectivity index (χ0) is 14.8. The van der Waals surface area contributed by atoms with Crippen LogP contribution in [0.4, 0.5) is 0 Å². The molecule has 1 N–H and O–H groups in total. The molecule has 0 aliphatic carbocycles. The van der Waals surface area contributed by atoms with Crippen molar-refractivity contribution < 1.29 is 0 Å². The zero-order valence-corrected chi connectivity index (χ0v) is 12.3. The minimum Gasteiger partial charge on any atom is -0.349 e. The first-order valence-corrected chi connectivity index (χ1v) is 7.60. The van der Waals surface area contributed by atoms with Gasteiger partial charge < -0.3 is 4.98 Å². The highest BCUT2D eigenvalue weighted by Crippen LogP contribution is 2.24. The summed E-state index contributed by atoms with van der Waals surface area (Å²) in [6, 6.07) is 7.81. The molecule has 0 saturated carbocycles. The Morgan fingerprint density at radius 1 is 1.29 bits per heavy atom. The number of hydrogen-bond acceptors (Lipinski definition) is 3. The summed E-state index contributed by atoms with van der Waals surface area (Å²) in [6.07, 6.45) is 3.50. The molecule has 0 amide bonds. The van der Waals surface area contributed by atoms with Crippen LogP contribution in [0, 0.1) is 0 Å². The molecule has 5 heteroatoms. The molecule has 106 valence electrons. The quantitative estimate of drug-likeness (QED) is 0.446. The van der Waals surface area contributed by atoms with E-state index in [1.165, 1.54) is 11.8 Å². The minimum absolute atomic E-state index is 0.0670. The van der Waals surface area contributed by atoms with Crippen molar-refractivity contribution >= 4 is 33.7 Å². The van der Waals surface area contributed by atoms with Gasteiger partial charge in [0.2, 0.25) is 0 Å². The Bertz CT molecular complexity index is 892. The van der Waals surface area contributed by atoms with E-state index in [1.807, 2.05) is 24.3 Å². The van der Waals surface area contributed by atoms with E-state index in [9.17, 15) is 4.79 Å². The predicted octanol–water partition coefficient (Wildman–Crippen LogP) is 3.34. The smallest absolute Gasteiger partial charge is 0.278 e. The Morgan fingerprint density at radius 3 is 2.86 bits per heavy atom. The van der Waals surface area contributed by atoms with Crippen LogP contribution in [0.15, 0.2) is 59.5 Å². The fraction of sp³-hybridized carbons (Fsp3) is 0.125. The summed E-state index contributed by atoms with van der Waals surface area (Å²) in [6.45, 7) is 7.87. The lowest BCUT2D eigenvalue weighted by molar-refractivity contribution is 0.671. The number of H-pyrrole nitrogens is 1. The van der Waals surface area contributed by atoms with Crippen LogP contribution in [-0.4, -0.2) is 20.3 Å². The number of nitrogens with one attached hydrogen (secondary N) is 1. The molecule has 0 aliphatic rings. The second kappa shape index (κ2) is 5.61. The lowest BCUT2D eigenvalue weighted by Crippen LogP contribution is -2.22. The van der Waals surface area contributed by atoms with Crippen LogP contribution < -0.4 is 5.56 Å². The lowest BCUT2D eigenvalue weighted by Gasteiger charge is -2.08. The van der Waals surface area contributed by atoms with Gasteiger partial charge >= 0.3 is 0 Å². The van der Waals surface area contributed by atoms with E-state index in [0.29, 0.717) is 23.0 Å². The number of fused-ring (bicyclic) bond motifs is 3. The van der Waals surface area contributed by atoms with E-state index >= 15 is 0 Å². The van der Waals surface area contributed by atoms with Crippen molar-refractivity contribution in [2.75, 3.05) is 5.75 Å². The molecule has 0 unspecified atom stereocenters. The van der Waals surface area contributed by atoms with Crippen molar-refractivity contribution in [3.63, 3.8) is 0 Å². The number of benzene rings is 1. The highest BCUT2D eigenvalue weighted by atomic mass is 32.2. The SMILES string of the molecule is C=CCSc1nc2c([nH]c3ccccc32)c(=O)n1CC=C. The van der Waals surface area contributed by atoms with Gasteiger partial charge in [-0.3, -0.25) is 9.36 Å². The van der Waals surface area contributed by atoms with Gasteiger partial charge in [0.25, 0.3) is 5.56 Å². The van der Waals surface area contributed by atoms with Crippen LogP contribution >= 0.6 is 11.8 Å². The summed E-state index contributed by atoms with van der Waals surface area (Å²) in [4.78, 5) is 20.5. The molecule has 0 bridgehead atoms. The highest BCUT2D eigenvalue weighted by molar-refractivity contribution is 7.99. The normalized spacial score (nSPS) is 11.0. The molecule has 0 saturated heterocycles. The molecule has 0 fully saturated rings. The van der Waals surface area contributed by atoms with Crippen LogP contribution in [0.5, 0.6) is 0 Å². The molecule has 3 aromatic rings. The van der Waals surface area contributed by atoms with E-state index in [1.54, 1.807) is 16.7 Å². The third kappa shape index (κ3) is 2.29. The average Bonchev–Trinajstić information content (AvgIpc) is 2.87. The molecule has 0 radical (unpaired) electrons. The summed E-state index contributed by atoms with van der Waals surface area (Å²) in [5.74, 6) is 0.706. The molecule has 0 aliphatic heterocycles. The number of aromatic amines is 1. The zero-order valence-electron chi connectivity index (χ0n) is 11.5. The molecule has 0 atom stereocenters. The maximum absolute atomic E-state index is 12.7. The average molecular weight is 297 g/mol. The van der Waals surface area contributed by atoms with E-state index in [0.717, 1.165) is 16.4 Å². The fourth-order valence-corrected chi connectivity index (χ4v) is 3.05. The number of thioether (sulfide) groups is 1. The van der Waals surface area contributed by atoms with Crippen LogP contribution in [0.3, 0.4) is 0 Å². The third-order valence-corrected chi connectivity index (χ3v) is 4.19. The van der Waals surface area contributed by atoms with Gasteiger partial charge in [0.05, 0.1) is 0 Å². The Labute approximate surface area is 126 Å². The molecule has 2 aromatic heterocycles. The number of nitrogens with zero attached hydrogens (tertiary/aromatic N) is 2. The molecule has 21 heavy (non-hydrogen) atoms.